The van der Waals surface area contributed by atoms with Gasteiger partial charge in [0.05, 0.1) is 17.0 Å². The molecule has 3 aromatic rings. The lowest BCUT2D eigenvalue weighted by Gasteiger charge is -2.14. The predicted octanol–water partition coefficient (Wildman–Crippen LogP) is 8.10. The summed E-state index contributed by atoms with van der Waals surface area (Å²) in [4.78, 5) is 4.25. The largest absolute Gasteiger partial charge is 0.489 e. The summed E-state index contributed by atoms with van der Waals surface area (Å²) in [5.74, 6) is 0.203. The number of ether oxygens (including phenoxy) is 1. The number of nitrogens with two attached hydrogens (primary N) is 1. The molecule has 1 heterocycles. The molecule has 0 aliphatic carbocycles. The lowest BCUT2D eigenvalue weighted by molar-refractivity contribution is -0.139. The second-order valence-corrected chi connectivity index (χ2v) is 8.72. The normalized spacial score (nSPS) is 12.6. The Bertz CT molecular complexity index is 1230. The molecular weight excluding hydrogens is 526 g/mol. The van der Waals surface area contributed by atoms with E-state index in [4.69, 9.17) is 20.4 Å². The summed E-state index contributed by atoms with van der Waals surface area (Å²) in [5.41, 5.74) is 3.50. The molecule has 0 spiro atoms. The molecule has 0 saturated carbocycles. The highest BCUT2D eigenvalue weighted by Crippen LogP contribution is 2.38. The molecular formula is C27H30F6N4O2. The van der Waals surface area contributed by atoms with Crippen LogP contribution in [0.5, 0.6) is 5.75 Å². The number of nitrogens with one attached hydrogen (secondary N) is 1. The summed E-state index contributed by atoms with van der Waals surface area (Å²) in [6.07, 6.45) is -3.45. The number of unbranched alkanes of at least 4 members (excludes halogenated alkanes) is 1. The zero-order valence-corrected chi connectivity index (χ0v) is 21.7. The third-order valence-corrected chi connectivity index (χ3v) is 5.28. The molecule has 1 aromatic heterocycles. The third-order valence-electron chi connectivity index (χ3n) is 5.28. The first-order valence-electron chi connectivity index (χ1n) is 12.0. The zero-order chi connectivity index (χ0) is 29.2. The number of hydrogen-bond acceptors (Lipinski definition) is 5. The van der Waals surface area contributed by atoms with E-state index in [1.165, 1.54) is 43.3 Å². The van der Waals surface area contributed by atoms with Gasteiger partial charge in [-0.05, 0) is 55.3 Å². The zero-order valence-electron chi connectivity index (χ0n) is 21.7. The average molecular weight is 557 g/mol. The van der Waals surface area contributed by atoms with Crippen molar-refractivity contribution in [3.63, 3.8) is 0 Å². The summed E-state index contributed by atoms with van der Waals surface area (Å²) >= 11 is 0. The SMILES string of the molecule is CC(=N)N.CCCC[C@H](C)c1nc(-c2ccc(OC/C=C\c3ccc(C(F)(F)F)cc3)c(C(F)(F)F)c2)no1. The maximum absolute atomic E-state index is 13.7. The molecule has 3 rings (SSSR count). The fraction of sp³-hybridized carbons (Fsp3) is 0.370. The van der Waals surface area contributed by atoms with Crippen molar-refractivity contribution >= 4 is 11.9 Å². The van der Waals surface area contributed by atoms with Crippen LogP contribution in [0.4, 0.5) is 26.3 Å². The molecule has 1 atom stereocenters. The van der Waals surface area contributed by atoms with E-state index in [2.05, 4.69) is 17.1 Å². The number of alkyl halides is 6. The summed E-state index contributed by atoms with van der Waals surface area (Å²) in [6.45, 7) is 5.28. The van der Waals surface area contributed by atoms with Gasteiger partial charge in [0.15, 0.2) is 0 Å². The molecule has 2 aromatic carbocycles. The second-order valence-electron chi connectivity index (χ2n) is 8.72. The predicted molar refractivity (Wildman–Crippen MR) is 136 cm³/mol. The van der Waals surface area contributed by atoms with Gasteiger partial charge in [-0.15, -0.1) is 0 Å². The quantitative estimate of drug-likeness (QED) is 0.158. The van der Waals surface area contributed by atoms with Crippen LogP contribution in [-0.4, -0.2) is 22.6 Å². The van der Waals surface area contributed by atoms with Crippen molar-refractivity contribution in [2.24, 2.45) is 5.73 Å². The summed E-state index contributed by atoms with van der Waals surface area (Å²) in [7, 11) is 0. The van der Waals surface area contributed by atoms with E-state index in [1.54, 1.807) is 0 Å². The summed E-state index contributed by atoms with van der Waals surface area (Å²) < 4.78 is 89.4. The van der Waals surface area contributed by atoms with Gasteiger partial charge in [-0.25, -0.2) is 0 Å². The van der Waals surface area contributed by atoms with E-state index in [0.29, 0.717) is 11.5 Å². The monoisotopic (exact) mass is 556 g/mol. The van der Waals surface area contributed by atoms with Gasteiger partial charge < -0.3 is 15.0 Å². The van der Waals surface area contributed by atoms with Gasteiger partial charge in [0, 0.05) is 11.5 Å². The van der Waals surface area contributed by atoms with Crippen molar-refractivity contribution in [3.8, 4) is 17.1 Å². The Morgan fingerprint density at radius 1 is 1.08 bits per heavy atom. The molecule has 0 unspecified atom stereocenters. The van der Waals surface area contributed by atoms with Crippen LogP contribution in [0.25, 0.3) is 17.5 Å². The second kappa shape index (κ2) is 13.8. The number of benzene rings is 2. The van der Waals surface area contributed by atoms with Crippen LogP contribution in [0.15, 0.2) is 53.1 Å². The highest BCUT2D eigenvalue weighted by molar-refractivity contribution is 5.73. The van der Waals surface area contributed by atoms with Crippen LogP contribution in [0.1, 0.15) is 68.5 Å². The molecule has 0 fully saturated rings. The van der Waals surface area contributed by atoms with Crippen LogP contribution in [0.3, 0.4) is 0 Å². The first kappa shape index (κ1) is 31.4. The lowest BCUT2D eigenvalue weighted by Crippen LogP contribution is -2.09. The van der Waals surface area contributed by atoms with E-state index in [-0.39, 0.29) is 29.7 Å². The maximum atomic E-state index is 13.7. The Labute approximate surface area is 222 Å². The molecule has 0 aliphatic heterocycles. The van der Waals surface area contributed by atoms with Gasteiger partial charge in [0.2, 0.25) is 11.7 Å². The van der Waals surface area contributed by atoms with Crippen molar-refractivity contribution in [3.05, 3.63) is 71.1 Å². The average Bonchev–Trinajstić information content (AvgIpc) is 3.34. The molecule has 6 nitrogen and oxygen atoms in total. The van der Waals surface area contributed by atoms with Gasteiger partial charge in [0.25, 0.3) is 0 Å². The Hall–Kier alpha value is -3.83. The van der Waals surface area contributed by atoms with Crippen molar-refractivity contribution in [1.29, 1.82) is 5.41 Å². The first-order chi connectivity index (χ1) is 18.2. The minimum atomic E-state index is -4.69. The fourth-order valence-electron chi connectivity index (χ4n) is 3.31. The van der Waals surface area contributed by atoms with Crippen LogP contribution in [-0.2, 0) is 12.4 Å². The summed E-state index contributed by atoms with van der Waals surface area (Å²) in [5, 5.41) is 10.1. The number of halogens is 6. The molecule has 12 heteroatoms. The molecule has 0 radical (unpaired) electrons. The Morgan fingerprint density at radius 3 is 2.28 bits per heavy atom. The van der Waals surface area contributed by atoms with Gasteiger partial charge in [-0.2, -0.15) is 31.3 Å². The van der Waals surface area contributed by atoms with E-state index >= 15 is 0 Å². The number of rotatable bonds is 9. The first-order valence-corrected chi connectivity index (χ1v) is 12.0. The van der Waals surface area contributed by atoms with Gasteiger partial charge in [0.1, 0.15) is 12.4 Å². The number of amidine groups is 1. The molecule has 0 amide bonds. The van der Waals surface area contributed by atoms with E-state index < -0.39 is 29.2 Å². The van der Waals surface area contributed by atoms with E-state index in [1.807, 2.05) is 6.92 Å². The standard InChI is InChI=1S/C25H24F6N2O2.C2H6N2/c1-3-4-6-16(2)23-32-22(33-35-23)18-10-13-21(20(15-18)25(29,30)31)34-14-5-7-17-8-11-19(12-9-17)24(26,27)28;1-2(3)4/h5,7-13,15-16H,3-4,6,14H2,1-2H3;1H3,(H3,3,4)/b7-5-;/t16-;/m0./s1. The van der Waals surface area contributed by atoms with Crippen molar-refractivity contribution in [2.75, 3.05) is 6.61 Å². The van der Waals surface area contributed by atoms with Crippen LogP contribution < -0.4 is 10.5 Å². The topological polar surface area (TPSA) is 98.0 Å². The highest BCUT2D eigenvalue weighted by Gasteiger charge is 2.35. The van der Waals surface area contributed by atoms with Gasteiger partial charge in [-0.1, -0.05) is 50.1 Å². The van der Waals surface area contributed by atoms with Crippen LogP contribution in [0, 0.1) is 5.41 Å². The minimum absolute atomic E-state index is 0.00246. The summed E-state index contributed by atoms with van der Waals surface area (Å²) in [6, 6.07) is 7.87. The third kappa shape index (κ3) is 10.1. The molecule has 0 saturated heterocycles. The molecule has 39 heavy (non-hydrogen) atoms. The molecule has 212 valence electrons. The minimum Gasteiger partial charge on any atom is -0.489 e. The number of hydrogen-bond donors (Lipinski definition) is 2. The number of nitrogens with zero attached hydrogens (tertiary/aromatic N) is 2. The van der Waals surface area contributed by atoms with Gasteiger partial charge in [-0.3, -0.25) is 5.41 Å². The smallest absolute Gasteiger partial charge is 0.419 e. The van der Waals surface area contributed by atoms with Crippen LogP contribution >= 0.6 is 0 Å². The van der Waals surface area contributed by atoms with Crippen molar-refractivity contribution in [1.82, 2.24) is 10.1 Å². The fourth-order valence-corrected chi connectivity index (χ4v) is 3.31. The number of aromatic nitrogens is 2. The van der Waals surface area contributed by atoms with Gasteiger partial charge >= 0.3 is 12.4 Å². The Morgan fingerprint density at radius 2 is 1.72 bits per heavy atom. The molecule has 3 N–H and O–H groups in total. The van der Waals surface area contributed by atoms with Crippen molar-refractivity contribution in [2.45, 2.75) is 58.3 Å². The lowest BCUT2D eigenvalue weighted by atomic mass is 10.0. The van der Waals surface area contributed by atoms with E-state index in [9.17, 15) is 26.3 Å². The highest BCUT2D eigenvalue weighted by atomic mass is 19.4. The maximum Gasteiger partial charge on any atom is 0.419 e. The molecule has 0 aliphatic rings. The Kier molecular flexibility index (Phi) is 11.1. The van der Waals surface area contributed by atoms with E-state index in [0.717, 1.165) is 37.5 Å². The van der Waals surface area contributed by atoms with Crippen LogP contribution in [0.2, 0.25) is 0 Å². The van der Waals surface area contributed by atoms with Crippen molar-refractivity contribution < 1.29 is 35.6 Å². The molecule has 0 bridgehead atoms. The Balaban J connectivity index is 0.00000124.